The molecule has 2 aromatic carbocycles. The molecule has 0 aliphatic rings. The predicted molar refractivity (Wildman–Crippen MR) is 102 cm³/mol. The van der Waals surface area contributed by atoms with Gasteiger partial charge in [0.1, 0.15) is 12.4 Å². The number of methoxy groups -OCH3 is 2. The van der Waals surface area contributed by atoms with E-state index in [1.165, 1.54) is 16.7 Å². The molecule has 2 rings (SSSR count). The third kappa shape index (κ3) is 5.40. The molecule has 4 heteroatoms. The zero-order valence-electron chi connectivity index (χ0n) is 15.9. The van der Waals surface area contributed by atoms with Gasteiger partial charge in [-0.1, -0.05) is 24.3 Å². The van der Waals surface area contributed by atoms with Crippen LogP contribution < -0.4 is 19.5 Å². The number of hydrogen-bond donors (Lipinski definition) is 1. The molecule has 1 atom stereocenters. The van der Waals surface area contributed by atoms with E-state index in [1.807, 2.05) is 12.1 Å². The Labute approximate surface area is 151 Å². The third-order valence-electron chi connectivity index (χ3n) is 4.24. The van der Waals surface area contributed by atoms with E-state index in [9.17, 15) is 0 Å². The van der Waals surface area contributed by atoms with Crippen molar-refractivity contribution in [1.82, 2.24) is 5.32 Å². The minimum absolute atomic E-state index is 0.277. The molecule has 0 radical (unpaired) electrons. The lowest BCUT2D eigenvalue weighted by molar-refractivity contribution is 0.271. The Kier molecular flexibility index (Phi) is 7.14. The lowest BCUT2D eigenvalue weighted by Crippen LogP contribution is -2.33. The van der Waals surface area contributed by atoms with Crippen LogP contribution in [0.1, 0.15) is 23.6 Å². The van der Waals surface area contributed by atoms with Crippen molar-refractivity contribution in [3.05, 3.63) is 53.1 Å². The molecule has 0 spiro atoms. The van der Waals surface area contributed by atoms with Gasteiger partial charge in [-0.25, -0.2) is 0 Å². The summed E-state index contributed by atoms with van der Waals surface area (Å²) in [6.45, 7) is 7.83. The van der Waals surface area contributed by atoms with Crippen LogP contribution >= 0.6 is 0 Å². The molecule has 2 aromatic rings. The van der Waals surface area contributed by atoms with Crippen LogP contribution in [-0.2, 0) is 6.42 Å². The lowest BCUT2D eigenvalue weighted by atomic mass is 10.1. The molecule has 0 aromatic heterocycles. The summed E-state index contributed by atoms with van der Waals surface area (Å²) in [7, 11) is 3.31. The molecular weight excluding hydrogens is 314 g/mol. The summed E-state index contributed by atoms with van der Waals surface area (Å²) in [6.07, 6.45) is 0.925. The maximum atomic E-state index is 6.00. The smallest absolute Gasteiger partial charge is 0.160 e. The van der Waals surface area contributed by atoms with Crippen molar-refractivity contribution in [3.63, 3.8) is 0 Å². The molecular formula is C21H29NO3. The van der Waals surface area contributed by atoms with Crippen LogP contribution in [0.4, 0.5) is 0 Å². The Morgan fingerprint density at radius 2 is 1.64 bits per heavy atom. The van der Waals surface area contributed by atoms with E-state index in [-0.39, 0.29) is 6.04 Å². The highest BCUT2D eigenvalue weighted by Crippen LogP contribution is 2.27. The van der Waals surface area contributed by atoms with Gasteiger partial charge in [0.05, 0.1) is 14.2 Å². The van der Waals surface area contributed by atoms with Gasteiger partial charge in [0.2, 0.25) is 0 Å². The summed E-state index contributed by atoms with van der Waals surface area (Å²) in [5.41, 5.74) is 3.57. The topological polar surface area (TPSA) is 39.7 Å². The maximum absolute atomic E-state index is 6.00. The van der Waals surface area contributed by atoms with Gasteiger partial charge in [-0.3, -0.25) is 0 Å². The van der Waals surface area contributed by atoms with E-state index in [2.05, 4.69) is 50.4 Å². The first-order chi connectivity index (χ1) is 12.0. The quantitative estimate of drug-likeness (QED) is 0.749. The Morgan fingerprint density at radius 3 is 2.28 bits per heavy atom. The molecule has 0 saturated carbocycles. The second-order valence-corrected chi connectivity index (χ2v) is 6.33. The van der Waals surface area contributed by atoms with Gasteiger partial charge in [-0.2, -0.15) is 0 Å². The normalized spacial score (nSPS) is 11.9. The van der Waals surface area contributed by atoms with Gasteiger partial charge in [0, 0.05) is 6.04 Å². The molecule has 0 bridgehead atoms. The molecule has 0 amide bonds. The number of aryl methyl sites for hydroxylation is 2. The summed E-state index contributed by atoms with van der Waals surface area (Å²) < 4.78 is 16.6. The first kappa shape index (κ1) is 19.1. The van der Waals surface area contributed by atoms with Crippen molar-refractivity contribution < 1.29 is 14.2 Å². The molecule has 0 heterocycles. The number of nitrogens with one attached hydrogen (secondary N) is 1. The molecule has 0 aliphatic heterocycles. The highest BCUT2D eigenvalue weighted by molar-refractivity contribution is 5.43. The number of rotatable bonds is 9. The Bertz CT molecular complexity index is 665. The molecule has 136 valence electrons. The molecule has 4 nitrogen and oxygen atoms in total. The van der Waals surface area contributed by atoms with Crippen molar-refractivity contribution in [2.75, 3.05) is 27.4 Å². The van der Waals surface area contributed by atoms with E-state index in [1.54, 1.807) is 14.2 Å². The Morgan fingerprint density at radius 1 is 0.960 bits per heavy atom. The van der Waals surface area contributed by atoms with Crippen LogP contribution in [0, 0.1) is 13.8 Å². The summed E-state index contributed by atoms with van der Waals surface area (Å²) in [5, 5.41) is 3.51. The summed E-state index contributed by atoms with van der Waals surface area (Å²) in [5.74, 6) is 2.53. The average Bonchev–Trinajstić information content (AvgIpc) is 2.61. The van der Waals surface area contributed by atoms with Gasteiger partial charge >= 0.3 is 0 Å². The average molecular weight is 343 g/mol. The van der Waals surface area contributed by atoms with Crippen LogP contribution in [0.3, 0.4) is 0 Å². The van der Waals surface area contributed by atoms with Crippen molar-refractivity contribution >= 4 is 0 Å². The monoisotopic (exact) mass is 343 g/mol. The Balaban J connectivity index is 1.80. The van der Waals surface area contributed by atoms with E-state index >= 15 is 0 Å². The molecule has 25 heavy (non-hydrogen) atoms. The molecule has 0 unspecified atom stereocenters. The minimum atomic E-state index is 0.277. The van der Waals surface area contributed by atoms with Gasteiger partial charge in [-0.05, 0) is 62.6 Å². The van der Waals surface area contributed by atoms with Crippen molar-refractivity contribution in [2.24, 2.45) is 0 Å². The van der Waals surface area contributed by atoms with Gasteiger partial charge in [-0.15, -0.1) is 0 Å². The minimum Gasteiger partial charge on any atom is -0.493 e. The number of benzene rings is 2. The second-order valence-electron chi connectivity index (χ2n) is 6.33. The fourth-order valence-corrected chi connectivity index (χ4v) is 2.79. The van der Waals surface area contributed by atoms with Crippen LogP contribution in [0.25, 0.3) is 0 Å². The Hall–Kier alpha value is -2.20. The highest BCUT2D eigenvalue weighted by atomic mass is 16.5. The summed E-state index contributed by atoms with van der Waals surface area (Å²) >= 11 is 0. The first-order valence-electron chi connectivity index (χ1n) is 8.68. The van der Waals surface area contributed by atoms with E-state index < -0.39 is 0 Å². The van der Waals surface area contributed by atoms with E-state index in [4.69, 9.17) is 14.2 Å². The third-order valence-corrected chi connectivity index (χ3v) is 4.24. The molecule has 0 saturated heterocycles. The SMILES string of the molecule is COc1ccc(CCN[C@@H](C)COc2c(C)cccc2C)cc1OC. The van der Waals surface area contributed by atoms with Crippen LogP contribution in [0.5, 0.6) is 17.2 Å². The van der Waals surface area contributed by atoms with Gasteiger partial charge in [0.15, 0.2) is 11.5 Å². The number of hydrogen-bond acceptors (Lipinski definition) is 4. The van der Waals surface area contributed by atoms with Gasteiger partial charge in [0.25, 0.3) is 0 Å². The molecule has 0 aliphatic carbocycles. The number of para-hydroxylation sites is 1. The maximum Gasteiger partial charge on any atom is 0.160 e. The van der Waals surface area contributed by atoms with Crippen LogP contribution in [0.2, 0.25) is 0 Å². The highest BCUT2D eigenvalue weighted by Gasteiger charge is 2.08. The molecule has 1 N–H and O–H groups in total. The standard InChI is InChI=1S/C21H29NO3/c1-15-7-6-8-16(2)21(15)25-14-17(3)22-12-11-18-9-10-19(23-4)20(13-18)24-5/h6-10,13,17,22H,11-12,14H2,1-5H3/t17-/m0/s1. The summed E-state index contributed by atoms with van der Waals surface area (Å²) in [4.78, 5) is 0. The summed E-state index contributed by atoms with van der Waals surface area (Å²) in [6, 6.07) is 12.5. The first-order valence-corrected chi connectivity index (χ1v) is 8.68. The fraction of sp³-hybridized carbons (Fsp3) is 0.429. The van der Waals surface area contributed by atoms with Crippen LogP contribution in [-0.4, -0.2) is 33.4 Å². The predicted octanol–water partition coefficient (Wildman–Crippen LogP) is 3.92. The van der Waals surface area contributed by atoms with Gasteiger partial charge < -0.3 is 19.5 Å². The second kappa shape index (κ2) is 9.33. The molecule has 0 fully saturated rings. The lowest BCUT2D eigenvalue weighted by Gasteiger charge is -2.17. The van der Waals surface area contributed by atoms with Crippen molar-refractivity contribution in [1.29, 1.82) is 0 Å². The van der Waals surface area contributed by atoms with Crippen molar-refractivity contribution in [3.8, 4) is 17.2 Å². The zero-order valence-corrected chi connectivity index (χ0v) is 15.9. The van der Waals surface area contributed by atoms with Crippen LogP contribution in [0.15, 0.2) is 36.4 Å². The van der Waals surface area contributed by atoms with E-state index in [0.29, 0.717) is 6.61 Å². The zero-order chi connectivity index (χ0) is 18.2. The number of ether oxygens (including phenoxy) is 3. The fourth-order valence-electron chi connectivity index (χ4n) is 2.79. The van der Waals surface area contributed by atoms with E-state index in [0.717, 1.165) is 30.2 Å². The van der Waals surface area contributed by atoms with Crippen molar-refractivity contribution in [2.45, 2.75) is 33.2 Å². The largest absolute Gasteiger partial charge is 0.493 e.